The average molecular weight is 555 g/mol. The van der Waals surface area contributed by atoms with Gasteiger partial charge in [-0.3, -0.25) is 14.4 Å². The van der Waals surface area contributed by atoms with Crippen LogP contribution in [0.15, 0.2) is 23.6 Å². The molecule has 1 aromatic carbocycles. The molecular formula is C25H33Cl2N5O3S. The van der Waals surface area contributed by atoms with Crippen LogP contribution in [0.5, 0.6) is 0 Å². The summed E-state index contributed by atoms with van der Waals surface area (Å²) in [4.78, 5) is 46.3. The summed E-state index contributed by atoms with van der Waals surface area (Å²) in [7, 11) is 0. The number of aromatic nitrogens is 1. The van der Waals surface area contributed by atoms with Crippen LogP contribution in [-0.4, -0.2) is 71.8 Å². The molecule has 1 aliphatic heterocycles. The highest BCUT2D eigenvalue weighted by atomic mass is 35.5. The first-order valence-corrected chi connectivity index (χ1v) is 13.8. The molecule has 1 aromatic heterocycles. The number of carbonyl (C=O) groups excluding carboxylic acids is 3. The molecule has 11 heteroatoms. The molecule has 196 valence electrons. The number of likely N-dealkylation sites (tertiary alicyclic amines) is 1. The van der Waals surface area contributed by atoms with Gasteiger partial charge in [0.1, 0.15) is 6.54 Å². The summed E-state index contributed by atoms with van der Waals surface area (Å²) < 4.78 is 0. The minimum atomic E-state index is -0.374. The van der Waals surface area contributed by atoms with Crippen LogP contribution >= 0.6 is 34.5 Å². The lowest BCUT2D eigenvalue weighted by atomic mass is 10.1. The Bertz CT molecular complexity index is 1060. The first-order valence-electron chi connectivity index (χ1n) is 12.2. The fraction of sp³-hybridized carbons (Fsp3) is 0.520. The largest absolute Gasteiger partial charge is 0.354 e. The standard InChI is InChI=1S/C25H33Cl2N5O3S/c1-17(2)14-32(24(35)20-7-6-18(26)12-21(20)27)15-23(34)30-25-29-19(16-36-25)13-22(33)28-8-11-31-9-4-3-5-10-31/h6-7,12,16-17H,3-5,8-11,13-15H2,1-2H3,(H,28,33)(H,29,30,34). The summed E-state index contributed by atoms with van der Waals surface area (Å²) in [6, 6.07) is 4.66. The zero-order valence-corrected chi connectivity index (χ0v) is 23.0. The van der Waals surface area contributed by atoms with E-state index in [1.807, 2.05) is 13.8 Å². The minimum absolute atomic E-state index is 0.0938. The molecule has 2 aromatic rings. The fourth-order valence-electron chi connectivity index (χ4n) is 4.03. The molecular weight excluding hydrogens is 521 g/mol. The number of halogens is 2. The van der Waals surface area contributed by atoms with Crippen LogP contribution in [0.2, 0.25) is 10.0 Å². The summed E-state index contributed by atoms with van der Waals surface area (Å²) in [6.45, 7) is 7.82. The normalized spacial score (nSPS) is 14.0. The van der Waals surface area contributed by atoms with Crippen LogP contribution < -0.4 is 10.6 Å². The van der Waals surface area contributed by atoms with E-state index < -0.39 is 0 Å². The molecule has 1 saturated heterocycles. The van der Waals surface area contributed by atoms with Gasteiger partial charge in [0.15, 0.2) is 5.13 Å². The third-order valence-corrected chi connectivity index (χ3v) is 7.06. The summed E-state index contributed by atoms with van der Waals surface area (Å²) in [5.74, 6) is -0.668. The second-order valence-corrected chi connectivity index (χ2v) is 11.0. The Balaban J connectivity index is 1.50. The lowest BCUT2D eigenvalue weighted by Crippen LogP contribution is -2.40. The number of piperidine rings is 1. The molecule has 8 nitrogen and oxygen atoms in total. The van der Waals surface area contributed by atoms with Crippen molar-refractivity contribution in [1.29, 1.82) is 0 Å². The van der Waals surface area contributed by atoms with Gasteiger partial charge >= 0.3 is 0 Å². The smallest absolute Gasteiger partial charge is 0.255 e. The van der Waals surface area contributed by atoms with Crippen molar-refractivity contribution >= 4 is 57.4 Å². The highest BCUT2D eigenvalue weighted by Crippen LogP contribution is 2.23. The van der Waals surface area contributed by atoms with Gasteiger partial charge in [-0.25, -0.2) is 4.98 Å². The van der Waals surface area contributed by atoms with Gasteiger partial charge in [0.2, 0.25) is 11.8 Å². The number of carbonyl (C=O) groups is 3. The lowest BCUT2D eigenvalue weighted by molar-refractivity contribution is -0.120. The number of benzene rings is 1. The Labute approximate surface area is 226 Å². The molecule has 2 heterocycles. The van der Waals surface area contributed by atoms with Crippen molar-refractivity contribution in [3.63, 3.8) is 0 Å². The third-order valence-electron chi connectivity index (χ3n) is 5.71. The van der Waals surface area contributed by atoms with E-state index >= 15 is 0 Å². The number of nitrogens with zero attached hydrogens (tertiary/aromatic N) is 3. The number of thiazole rings is 1. The van der Waals surface area contributed by atoms with E-state index in [0.717, 1.165) is 19.6 Å². The van der Waals surface area contributed by atoms with Crippen molar-refractivity contribution in [2.75, 3.05) is 44.6 Å². The predicted octanol–water partition coefficient (Wildman–Crippen LogP) is 4.33. The van der Waals surface area contributed by atoms with Crippen LogP contribution in [0.4, 0.5) is 5.13 Å². The fourth-order valence-corrected chi connectivity index (χ4v) is 5.25. The molecule has 0 bridgehead atoms. The van der Waals surface area contributed by atoms with Crippen molar-refractivity contribution in [2.24, 2.45) is 5.92 Å². The molecule has 2 N–H and O–H groups in total. The monoisotopic (exact) mass is 553 g/mol. The molecule has 3 rings (SSSR count). The van der Waals surface area contributed by atoms with E-state index in [-0.39, 0.29) is 47.2 Å². The molecule has 1 fully saturated rings. The second kappa shape index (κ2) is 13.9. The van der Waals surface area contributed by atoms with Crippen molar-refractivity contribution in [3.05, 3.63) is 44.9 Å². The lowest BCUT2D eigenvalue weighted by Gasteiger charge is -2.26. The quantitative estimate of drug-likeness (QED) is 0.431. The van der Waals surface area contributed by atoms with Crippen molar-refractivity contribution in [3.8, 4) is 0 Å². The molecule has 0 atom stereocenters. The van der Waals surface area contributed by atoms with E-state index in [9.17, 15) is 14.4 Å². The molecule has 1 aliphatic rings. The molecule has 0 saturated carbocycles. The number of hydrogen-bond donors (Lipinski definition) is 2. The Kier molecular flexibility index (Phi) is 11.0. The molecule has 36 heavy (non-hydrogen) atoms. The van der Waals surface area contributed by atoms with Gasteiger partial charge in [0, 0.05) is 30.0 Å². The van der Waals surface area contributed by atoms with E-state index in [1.54, 1.807) is 17.5 Å². The summed E-state index contributed by atoms with van der Waals surface area (Å²) in [5.41, 5.74) is 0.881. The maximum absolute atomic E-state index is 13.1. The van der Waals surface area contributed by atoms with Gasteiger partial charge in [-0.2, -0.15) is 0 Å². The summed E-state index contributed by atoms with van der Waals surface area (Å²) in [5, 5.41) is 8.49. The minimum Gasteiger partial charge on any atom is -0.354 e. The topological polar surface area (TPSA) is 94.6 Å². The van der Waals surface area contributed by atoms with Crippen LogP contribution in [0.3, 0.4) is 0 Å². The van der Waals surface area contributed by atoms with Gasteiger partial charge in [-0.15, -0.1) is 11.3 Å². The van der Waals surface area contributed by atoms with Crippen LogP contribution in [0, 0.1) is 5.92 Å². The zero-order chi connectivity index (χ0) is 26.1. The van der Waals surface area contributed by atoms with Gasteiger partial charge < -0.3 is 20.4 Å². The van der Waals surface area contributed by atoms with E-state index in [1.165, 1.54) is 41.6 Å². The Morgan fingerprint density at radius 1 is 1.14 bits per heavy atom. The number of rotatable bonds is 11. The van der Waals surface area contributed by atoms with Crippen molar-refractivity contribution in [1.82, 2.24) is 20.1 Å². The van der Waals surface area contributed by atoms with Gasteiger partial charge in [-0.1, -0.05) is 43.5 Å². The van der Waals surface area contributed by atoms with Gasteiger partial charge in [0.05, 0.1) is 22.7 Å². The highest BCUT2D eigenvalue weighted by molar-refractivity contribution is 7.13. The number of amides is 3. The van der Waals surface area contributed by atoms with Crippen molar-refractivity contribution < 1.29 is 14.4 Å². The first-order chi connectivity index (χ1) is 17.2. The second-order valence-electron chi connectivity index (χ2n) is 9.32. The maximum Gasteiger partial charge on any atom is 0.255 e. The van der Waals surface area contributed by atoms with Crippen LogP contribution in [0.1, 0.15) is 49.2 Å². The zero-order valence-electron chi connectivity index (χ0n) is 20.7. The van der Waals surface area contributed by atoms with Crippen molar-refractivity contribution in [2.45, 2.75) is 39.5 Å². The highest BCUT2D eigenvalue weighted by Gasteiger charge is 2.23. The molecule has 0 aliphatic carbocycles. The predicted molar refractivity (Wildman–Crippen MR) is 145 cm³/mol. The van der Waals surface area contributed by atoms with E-state index in [0.29, 0.717) is 28.9 Å². The van der Waals surface area contributed by atoms with E-state index in [2.05, 4.69) is 20.5 Å². The van der Waals surface area contributed by atoms with E-state index in [4.69, 9.17) is 23.2 Å². The SMILES string of the molecule is CC(C)CN(CC(=O)Nc1nc(CC(=O)NCCN2CCCCC2)cs1)C(=O)c1ccc(Cl)cc1Cl. The Morgan fingerprint density at radius 3 is 2.58 bits per heavy atom. The van der Waals surface area contributed by atoms with Crippen LogP contribution in [-0.2, 0) is 16.0 Å². The Morgan fingerprint density at radius 2 is 1.89 bits per heavy atom. The average Bonchev–Trinajstić information content (AvgIpc) is 3.25. The first kappa shape index (κ1) is 28.4. The summed E-state index contributed by atoms with van der Waals surface area (Å²) in [6.07, 6.45) is 3.88. The summed E-state index contributed by atoms with van der Waals surface area (Å²) >= 11 is 13.4. The number of nitrogens with one attached hydrogen (secondary N) is 2. The van der Waals surface area contributed by atoms with Gasteiger partial charge in [0.25, 0.3) is 5.91 Å². The van der Waals surface area contributed by atoms with Crippen LogP contribution in [0.25, 0.3) is 0 Å². The molecule has 0 spiro atoms. The number of hydrogen-bond acceptors (Lipinski definition) is 6. The Hall–Kier alpha value is -2.20. The number of anilines is 1. The molecule has 3 amide bonds. The molecule has 0 unspecified atom stereocenters. The third kappa shape index (κ3) is 9.03. The van der Waals surface area contributed by atoms with Gasteiger partial charge in [-0.05, 0) is 50.0 Å². The molecule has 0 radical (unpaired) electrons. The maximum atomic E-state index is 13.1.